The third-order valence-corrected chi connectivity index (χ3v) is 4.23. The molecule has 0 unspecified atom stereocenters. The van der Waals surface area contributed by atoms with Gasteiger partial charge in [-0.3, -0.25) is 0 Å². The fourth-order valence-electron chi connectivity index (χ4n) is 2.41. The van der Waals surface area contributed by atoms with Gasteiger partial charge in [0.25, 0.3) is 0 Å². The molecule has 0 aliphatic heterocycles. The van der Waals surface area contributed by atoms with E-state index >= 15 is 0 Å². The van der Waals surface area contributed by atoms with Crippen LogP contribution in [-0.2, 0) is 6.42 Å². The summed E-state index contributed by atoms with van der Waals surface area (Å²) >= 11 is 11.5. The molecule has 0 N–H and O–H groups in total. The highest BCUT2D eigenvalue weighted by molar-refractivity contribution is 6.36. The van der Waals surface area contributed by atoms with Crippen molar-refractivity contribution in [2.24, 2.45) is 0 Å². The summed E-state index contributed by atoms with van der Waals surface area (Å²) in [6.45, 7) is 1.92. The van der Waals surface area contributed by atoms with E-state index in [1.165, 1.54) is 12.1 Å². The lowest BCUT2D eigenvalue weighted by atomic mass is 10.1. The Bertz CT molecular complexity index is 1040. The molecule has 0 bridgehead atoms. The highest BCUT2D eigenvalue weighted by Crippen LogP contribution is 2.27. The number of hydrogen-bond acceptors (Lipinski definition) is 4. The standard InChI is InChI=1S/C18H11Cl2FO4/c1-2-9-5-17(22)25-16-6-10(3-4-11(9)16)24-18(23)12-7-15(21)14(20)8-13(12)19/h3-8H,2H2,1H3. The first-order valence-electron chi connectivity index (χ1n) is 7.32. The smallest absolute Gasteiger partial charge is 0.345 e. The van der Waals surface area contributed by atoms with Gasteiger partial charge >= 0.3 is 11.6 Å². The summed E-state index contributed by atoms with van der Waals surface area (Å²) in [6, 6.07) is 8.12. The summed E-state index contributed by atoms with van der Waals surface area (Å²) in [6.07, 6.45) is 0.654. The summed E-state index contributed by atoms with van der Waals surface area (Å²) in [5.74, 6) is -1.50. The Morgan fingerprint density at radius 1 is 1.16 bits per heavy atom. The van der Waals surface area contributed by atoms with Crippen LogP contribution in [0.5, 0.6) is 5.75 Å². The zero-order valence-electron chi connectivity index (χ0n) is 12.9. The van der Waals surface area contributed by atoms with Gasteiger partial charge in [-0.15, -0.1) is 0 Å². The van der Waals surface area contributed by atoms with Crippen LogP contribution < -0.4 is 10.4 Å². The number of hydrogen-bond donors (Lipinski definition) is 0. The minimum absolute atomic E-state index is 0.0306. The van der Waals surface area contributed by atoms with E-state index in [-0.39, 0.29) is 21.4 Å². The number of carbonyl (C=O) groups is 1. The molecule has 7 heteroatoms. The molecule has 0 fully saturated rings. The summed E-state index contributed by atoms with van der Waals surface area (Å²) in [5, 5.41) is 0.524. The zero-order valence-corrected chi connectivity index (χ0v) is 14.4. The van der Waals surface area contributed by atoms with E-state index in [2.05, 4.69) is 0 Å². The predicted molar refractivity (Wildman–Crippen MR) is 93.2 cm³/mol. The Kier molecular flexibility index (Phi) is 4.79. The first-order valence-corrected chi connectivity index (χ1v) is 8.08. The Labute approximate surface area is 151 Å². The van der Waals surface area contributed by atoms with Crippen molar-refractivity contribution in [3.05, 3.63) is 73.8 Å². The van der Waals surface area contributed by atoms with Gasteiger partial charge in [-0.2, -0.15) is 0 Å². The normalized spacial score (nSPS) is 10.9. The molecule has 128 valence electrons. The minimum Gasteiger partial charge on any atom is -0.423 e. The third-order valence-electron chi connectivity index (χ3n) is 3.62. The molecule has 1 aromatic heterocycles. The lowest BCUT2D eigenvalue weighted by Crippen LogP contribution is -2.10. The number of aryl methyl sites for hydroxylation is 1. The van der Waals surface area contributed by atoms with Crippen molar-refractivity contribution < 1.29 is 18.3 Å². The van der Waals surface area contributed by atoms with Crippen LogP contribution in [0.1, 0.15) is 22.8 Å². The fraction of sp³-hybridized carbons (Fsp3) is 0.111. The number of carbonyl (C=O) groups excluding carboxylic acids is 1. The van der Waals surface area contributed by atoms with Gasteiger partial charge in [-0.05, 0) is 36.2 Å². The van der Waals surface area contributed by atoms with Crippen molar-refractivity contribution in [2.45, 2.75) is 13.3 Å². The second kappa shape index (κ2) is 6.86. The molecular weight excluding hydrogens is 370 g/mol. The maximum atomic E-state index is 13.5. The lowest BCUT2D eigenvalue weighted by molar-refractivity contribution is 0.0734. The SMILES string of the molecule is CCc1cc(=O)oc2cc(OC(=O)c3cc(F)c(Cl)cc3Cl)ccc12. The molecule has 25 heavy (non-hydrogen) atoms. The molecule has 3 aromatic rings. The van der Waals surface area contributed by atoms with Crippen molar-refractivity contribution in [1.82, 2.24) is 0 Å². The van der Waals surface area contributed by atoms with Crippen LogP contribution in [0.4, 0.5) is 4.39 Å². The average Bonchev–Trinajstić information content (AvgIpc) is 2.56. The number of rotatable bonds is 3. The van der Waals surface area contributed by atoms with E-state index in [4.69, 9.17) is 32.4 Å². The quantitative estimate of drug-likeness (QED) is 0.277. The number of halogens is 3. The third kappa shape index (κ3) is 3.52. The van der Waals surface area contributed by atoms with Gasteiger partial charge in [0.05, 0.1) is 15.6 Å². The largest absolute Gasteiger partial charge is 0.423 e. The Balaban J connectivity index is 1.97. The van der Waals surface area contributed by atoms with Gasteiger partial charge in [-0.1, -0.05) is 30.1 Å². The van der Waals surface area contributed by atoms with Crippen LogP contribution in [0.3, 0.4) is 0 Å². The second-order valence-corrected chi connectivity index (χ2v) is 6.05. The number of fused-ring (bicyclic) bond motifs is 1. The molecule has 1 heterocycles. The molecule has 0 radical (unpaired) electrons. The molecule has 4 nitrogen and oxygen atoms in total. The minimum atomic E-state index is -0.853. The fourth-order valence-corrected chi connectivity index (χ4v) is 2.87. The van der Waals surface area contributed by atoms with Gasteiger partial charge in [0.15, 0.2) is 0 Å². The predicted octanol–water partition coefficient (Wildman–Crippen LogP) is 5.02. The van der Waals surface area contributed by atoms with Crippen molar-refractivity contribution in [2.75, 3.05) is 0 Å². The van der Waals surface area contributed by atoms with Gasteiger partial charge in [0, 0.05) is 17.5 Å². The van der Waals surface area contributed by atoms with Gasteiger partial charge < -0.3 is 9.15 Å². The molecule has 0 amide bonds. The zero-order chi connectivity index (χ0) is 18.1. The molecule has 2 aromatic carbocycles. The molecule has 0 saturated heterocycles. The molecule has 0 atom stereocenters. The van der Waals surface area contributed by atoms with Crippen LogP contribution >= 0.6 is 23.2 Å². The van der Waals surface area contributed by atoms with Crippen LogP contribution in [0, 0.1) is 5.82 Å². The number of ether oxygens (including phenoxy) is 1. The van der Waals surface area contributed by atoms with Crippen LogP contribution in [-0.4, -0.2) is 5.97 Å². The van der Waals surface area contributed by atoms with E-state index in [1.807, 2.05) is 6.92 Å². The average molecular weight is 381 g/mol. The monoisotopic (exact) mass is 380 g/mol. The molecule has 0 spiro atoms. The summed E-state index contributed by atoms with van der Waals surface area (Å²) < 4.78 is 23.9. The molecule has 0 aliphatic carbocycles. The van der Waals surface area contributed by atoms with Gasteiger partial charge in [0.2, 0.25) is 0 Å². The van der Waals surface area contributed by atoms with Crippen molar-refractivity contribution in [3.8, 4) is 5.75 Å². The van der Waals surface area contributed by atoms with Gasteiger partial charge in [-0.25, -0.2) is 14.0 Å². The Hall–Kier alpha value is -2.37. The molecular formula is C18H11Cl2FO4. The van der Waals surface area contributed by atoms with Crippen LogP contribution in [0.15, 0.2) is 45.6 Å². The summed E-state index contributed by atoms with van der Waals surface area (Å²) in [7, 11) is 0. The topological polar surface area (TPSA) is 56.5 Å². The van der Waals surface area contributed by atoms with E-state index < -0.39 is 17.4 Å². The van der Waals surface area contributed by atoms with E-state index in [0.29, 0.717) is 12.0 Å². The van der Waals surface area contributed by atoms with E-state index in [9.17, 15) is 14.0 Å². The first kappa shape index (κ1) is 17.5. The van der Waals surface area contributed by atoms with Crippen molar-refractivity contribution in [1.29, 1.82) is 0 Å². The van der Waals surface area contributed by atoms with Crippen LogP contribution in [0.25, 0.3) is 11.0 Å². The van der Waals surface area contributed by atoms with Crippen molar-refractivity contribution in [3.63, 3.8) is 0 Å². The Morgan fingerprint density at radius 2 is 1.92 bits per heavy atom. The van der Waals surface area contributed by atoms with E-state index in [0.717, 1.165) is 23.1 Å². The highest BCUT2D eigenvalue weighted by atomic mass is 35.5. The maximum Gasteiger partial charge on any atom is 0.345 e. The van der Waals surface area contributed by atoms with Crippen LogP contribution in [0.2, 0.25) is 10.0 Å². The first-order chi connectivity index (χ1) is 11.9. The Morgan fingerprint density at radius 3 is 2.64 bits per heavy atom. The van der Waals surface area contributed by atoms with Crippen molar-refractivity contribution >= 4 is 40.1 Å². The summed E-state index contributed by atoms with van der Waals surface area (Å²) in [4.78, 5) is 23.8. The highest BCUT2D eigenvalue weighted by Gasteiger charge is 2.17. The molecule has 3 rings (SSSR count). The lowest BCUT2D eigenvalue weighted by Gasteiger charge is -2.08. The van der Waals surface area contributed by atoms with E-state index in [1.54, 1.807) is 12.1 Å². The summed E-state index contributed by atoms with van der Waals surface area (Å²) in [5.41, 5.74) is 0.470. The van der Waals surface area contributed by atoms with Gasteiger partial charge in [0.1, 0.15) is 17.1 Å². The second-order valence-electron chi connectivity index (χ2n) is 5.24. The molecule has 0 aliphatic rings. The number of benzene rings is 2. The number of esters is 1. The maximum absolute atomic E-state index is 13.5. The molecule has 0 saturated carbocycles.